The Balaban J connectivity index is 1.85. The predicted octanol–water partition coefficient (Wildman–Crippen LogP) is 1.70. The molecule has 0 aliphatic heterocycles. The molecule has 3 amide bonds. The summed E-state index contributed by atoms with van der Waals surface area (Å²) in [5.41, 5.74) is -2.47. The lowest BCUT2D eigenvalue weighted by Gasteiger charge is -2.31. The summed E-state index contributed by atoms with van der Waals surface area (Å²) in [4.78, 5) is 38.8. The van der Waals surface area contributed by atoms with E-state index in [1.165, 1.54) is 0 Å². The lowest BCUT2D eigenvalue weighted by molar-refractivity contribution is -0.130. The van der Waals surface area contributed by atoms with Crippen LogP contribution in [-0.2, 0) is 50.2 Å². The van der Waals surface area contributed by atoms with Crippen LogP contribution in [0.1, 0.15) is 97.4 Å². The van der Waals surface area contributed by atoms with Gasteiger partial charge < -0.3 is 56.1 Å². The Bertz CT molecular complexity index is 1700. The maximum absolute atomic E-state index is 13.0. The van der Waals surface area contributed by atoms with Crippen molar-refractivity contribution >= 4 is 53.0 Å². The van der Waals surface area contributed by atoms with Gasteiger partial charge in [-0.25, -0.2) is 0 Å². The highest BCUT2D eigenvalue weighted by atomic mass is 32.2. The molecule has 20 nitrogen and oxygen atoms in total. The Morgan fingerprint density at radius 3 is 1.60 bits per heavy atom. The number of ether oxygens (including phenoxy) is 2. The number of allylic oxidation sites excluding steroid dienone is 1. The summed E-state index contributed by atoms with van der Waals surface area (Å²) in [6, 6.07) is 0. The van der Waals surface area contributed by atoms with Crippen molar-refractivity contribution in [1.29, 1.82) is 0 Å². The highest BCUT2D eigenvalue weighted by molar-refractivity contribution is 8.00. The highest BCUT2D eigenvalue weighted by Gasteiger charge is 2.34. The maximum atomic E-state index is 13.0. The van der Waals surface area contributed by atoms with Gasteiger partial charge in [-0.05, 0) is 69.1 Å². The predicted molar refractivity (Wildman–Crippen MR) is 267 cm³/mol. The van der Waals surface area contributed by atoms with E-state index in [9.17, 15) is 45.0 Å². The van der Waals surface area contributed by atoms with Crippen LogP contribution >= 0.6 is 35.3 Å². The first-order valence-corrected chi connectivity index (χ1v) is 26.8. The van der Waals surface area contributed by atoms with E-state index >= 15 is 0 Å². The van der Waals surface area contributed by atoms with Crippen molar-refractivity contribution in [3.05, 3.63) is 36.4 Å². The van der Waals surface area contributed by atoms with Gasteiger partial charge in [0.1, 0.15) is 22.5 Å². The molecule has 0 aliphatic carbocycles. The second-order valence-electron chi connectivity index (χ2n) is 17.8. The molecular formula is C45H81N9O11S3. The van der Waals surface area contributed by atoms with Gasteiger partial charge in [-0.2, -0.15) is 35.3 Å². The molecule has 9 N–H and O–H groups in total. The van der Waals surface area contributed by atoms with Crippen molar-refractivity contribution in [1.82, 2.24) is 45.9 Å². The third-order valence-electron chi connectivity index (χ3n) is 11.2. The zero-order valence-corrected chi connectivity index (χ0v) is 43.3. The number of rotatable bonds is 41. The van der Waals surface area contributed by atoms with Crippen LogP contribution in [-0.4, -0.2) is 181 Å². The third kappa shape index (κ3) is 22.9. The van der Waals surface area contributed by atoms with Gasteiger partial charge in [0.25, 0.3) is 0 Å². The zero-order chi connectivity index (χ0) is 50.4. The second kappa shape index (κ2) is 33.7. The number of aromatic nitrogens is 6. The minimum absolute atomic E-state index is 0.0909. The SMILES string of the molecule is C=CCC(CC(C)SCCCn1cc(COCC(C)(COCc2cn(CCCSC(C)CC(CC)C(=O)NC(CO)(CO)CO)nn2)NC(=O)CCSCCC)nn1)C(=O)NC(CO)(CO)CO. The normalized spacial score (nSPS) is 14.8. The molecule has 0 saturated carbocycles. The molecule has 68 heavy (non-hydrogen) atoms. The zero-order valence-electron chi connectivity index (χ0n) is 40.9. The van der Waals surface area contributed by atoms with Crippen molar-refractivity contribution in [2.45, 2.75) is 139 Å². The maximum Gasteiger partial charge on any atom is 0.224 e. The molecule has 2 aromatic rings. The van der Waals surface area contributed by atoms with Crippen LogP contribution in [0.5, 0.6) is 0 Å². The van der Waals surface area contributed by atoms with Gasteiger partial charge in [-0.15, -0.1) is 16.8 Å². The molecule has 0 radical (unpaired) electrons. The van der Waals surface area contributed by atoms with Crippen LogP contribution in [0.4, 0.5) is 0 Å². The number of hydrogen-bond donors (Lipinski definition) is 9. The molecule has 0 aliphatic rings. The molecule has 2 aromatic heterocycles. The number of hydrogen-bond acceptors (Lipinski definition) is 18. The Kier molecular flexibility index (Phi) is 30.4. The van der Waals surface area contributed by atoms with Crippen molar-refractivity contribution in [2.75, 3.05) is 75.9 Å². The summed E-state index contributed by atoms with van der Waals surface area (Å²) in [7, 11) is 0. The highest BCUT2D eigenvalue weighted by Crippen LogP contribution is 2.25. The summed E-state index contributed by atoms with van der Waals surface area (Å²) in [6.45, 7) is 12.3. The monoisotopic (exact) mass is 1020 g/mol. The molecule has 0 fully saturated rings. The number of thioether (sulfide) groups is 3. The van der Waals surface area contributed by atoms with Crippen molar-refractivity contribution in [3.8, 4) is 0 Å². The Labute approximate surface area is 415 Å². The molecular weight excluding hydrogens is 939 g/mol. The van der Waals surface area contributed by atoms with Crippen LogP contribution in [0.3, 0.4) is 0 Å². The molecule has 23 heteroatoms. The van der Waals surface area contributed by atoms with Crippen LogP contribution in [0, 0.1) is 11.8 Å². The van der Waals surface area contributed by atoms with Crippen LogP contribution in [0.2, 0.25) is 0 Å². The number of aliphatic hydroxyl groups is 6. The van der Waals surface area contributed by atoms with Gasteiger partial charge in [0.15, 0.2) is 0 Å². The van der Waals surface area contributed by atoms with Crippen molar-refractivity contribution < 1.29 is 54.5 Å². The minimum Gasteiger partial charge on any atom is -0.394 e. The fourth-order valence-electron chi connectivity index (χ4n) is 6.91. The number of nitrogens with one attached hydrogen (secondary N) is 3. The standard InChI is InChI=1S/C45H81N9O11S3/c1-7-12-37(42(63)48-45(29-58,30-59)31-60)21-35(5)68-18-11-15-54-23-39(50-52-54)25-65-33-43(6,46-40(61)13-19-66-16-8-2)32-64-24-38-22-53(51-49-38)14-10-17-67-34(4)20-36(9-3)41(62)47-44(26-55,27-56)28-57/h7,22-23,34-37,55-60H,1,8-21,24-33H2,2-6H3,(H,46,61)(H,47,62)(H,48,63). The van der Waals surface area contributed by atoms with Crippen molar-refractivity contribution in [3.63, 3.8) is 0 Å². The lowest BCUT2D eigenvalue weighted by Crippen LogP contribution is -2.58. The number of aliphatic hydroxyl groups excluding tert-OH is 6. The van der Waals surface area contributed by atoms with Crippen LogP contribution < -0.4 is 16.0 Å². The molecule has 5 unspecified atom stereocenters. The molecule has 5 atom stereocenters. The Morgan fingerprint density at radius 2 is 1.18 bits per heavy atom. The molecule has 0 saturated heterocycles. The largest absolute Gasteiger partial charge is 0.394 e. The average Bonchev–Trinajstić information content (AvgIpc) is 3.99. The van der Waals surface area contributed by atoms with Gasteiger partial charge in [0, 0.05) is 47.6 Å². The van der Waals surface area contributed by atoms with E-state index in [-0.39, 0.29) is 60.6 Å². The Hall–Kier alpha value is -2.84. The van der Waals surface area contributed by atoms with E-state index in [0.29, 0.717) is 62.3 Å². The van der Waals surface area contributed by atoms with E-state index in [4.69, 9.17) is 9.47 Å². The first-order chi connectivity index (χ1) is 32.6. The van der Waals surface area contributed by atoms with Crippen LogP contribution in [0.15, 0.2) is 25.0 Å². The first kappa shape index (κ1) is 61.3. The van der Waals surface area contributed by atoms with Crippen LogP contribution in [0.25, 0.3) is 0 Å². The van der Waals surface area contributed by atoms with Gasteiger partial charge in [-0.3, -0.25) is 23.7 Å². The average molecular weight is 1020 g/mol. The lowest BCUT2D eigenvalue weighted by atomic mass is 9.95. The van der Waals surface area contributed by atoms with E-state index in [1.807, 2.05) is 33.2 Å². The van der Waals surface area contributed by atoms with Gasteiger partial charge >= 0.3 is 0 Å². The number of nitrogens with zero attached hydrogens (tertiary/aromatic N) is 6. The van der Waals surface area contributed by atoms with E-state index in [2.05, 4.69) is 57.0 Å². The fraction of sp³-hybridized carbons (Fsp3) is 0.800. The van der Waals surface area contributed by atoms with E-state index < -0.39 is 62.2 Å². The molecule has 0 spiro atoms. The van der Waals surface area contributed by atoms with Gasteiger partial charge in [0.2, 0.25) is 17.7 Å². The van der Waals surface area contributed by atoms with Gasteiger partial charge in [0.05, 0.1) is 84.0 Å². The van der Waals surface area contributed by atoms with E-state index in [0.717, 1.165) is 36.5 Å². The molecule has 0 bridgehead atoms. The molecule has 2 heterocycles. The molecule has 390 valence electrons. The number of carbonyl (C=O) groups is 3. The summed E-state index contributed by atoms with van der Waals surface area (Å²) >= 11 is 5.21. The fourth-order valence-corrected chi connectivity index (χ4v) is 9.86. The minimum atomic E-state index is -1.48. The Morgan fingerprint density at radius 1 is 0.721 bits per heavy atom. The first-order valence-electron chi connectivity index (χ1n) is 23.6. The summed E-state index contributed by atoms with van der Waals surface area (Å²) < 4.78 is 15.7. The molecule has 0 aromatic carbocycles. The summed E-state index contributed by atoms with van der Waals surface area (Å²) in [5.74, 6) is 1.87. The summed E-state index contributed by atoms with van der Waals surface area (Å²) in [5, 5.41) is 83.4. The van der Waals surface area contributed by atoms with Crippen molar-refractivity contribution in [2.24, 2.45) is 11.8 Å². The number of amides is 3. The third-order valence-corrected chi connectivity index (χ3v) is 14.9. The van der Waals surface area contributed by atoms with Gasteiger partial charge in [-0.1, -0.05) is 44.2 Å². The second-order valence-corrected chi connectivity index (χ2v) is 22.1. The smallest absolute Gasteiger partial charge is 0.224 e. The summed E-state index contributed by atoms with van der Waals surface area (Å²) in [6.07, 6.45) is 10.6. The molecule has 2 rings (SSSR count). The topological polar surface area (TPSA) is 289 Å². The quantitative estimate of drug-likeness (QED) is 0.0338. The van der Waals surface area contributed by atoms with E-state index in [1.54, 1.807) is 50.7 Å². The number of carbonyl (C=O) groups excluding carboxylic acids is 3. The number of aryl methyl sites for hydroxylation is 2.